The standard InChI is InChI=1S/C32H34F2N4O5S/c1-43-20-25-27(29(39)40)28(21-10-11-23(33)24(34)19-21)38(31(42)36-25)30(41)35-14-6-15-37-16-12-32(13-17-37,26-9-5-18-44-26)22-7-3-2-4-8-22/h2-5,7-11,18-19,28H,6,12-17,20H2,1H3,(H,35,41)(H,36,42)(H,39,40). The van der Waals surface area contributed by atoms with E-state index in [9.17, 15) is 28.3 Å². The molecule has 4 amide bonds. The molecule has 3 aromatic rings. The van der Waals surface area contributed by atoms with Crippen LogP contribution in [0.1, 0.15) is 41.3 Å². The Hall–Kier alpha value is -4.13. The van der Waals surface area contributed by atoms with Crippen LogP contribution in [0, 0.1) is 11.6 Å². The summed E-state index contributed by atoms with van der Waals surface area (Å²) in [5.74, 6) is -3.82. The molecule has 3 N–H and O–H groups in total. The Morgan fingerprint density at radius 1 is 1.09 bits per heavy atom. The Morgan fingerprint density at radius 3 is 2.48 bits per heavy atom. The average molecular weight is 625 g/mol. The summed E-state index contributed by atoms with van der Waals surface area (Å²) in [7, 11) is 1.32. The van der Waals surface area contributed by atoms with Gasteiger partial charge in [0.1, 0.15) is 6.04 Å². The van der Waals surface area contributed by atoms with Crippen LogP contribution < -0.4 is 10.6 Å². The van der Waals surface area contributed by atoms with Crippen molar-refractivity contribution < 1.29 is 33.0 Å². The maximum atomic E-state index is 14.2. The summed E-state index contributed by atoms with van der Waals surface area (Å²) in [6.07, 6.45) is 2.51. The fourth-order valence-electron chi connectivity index (χ4n) is 6.11. The van der Waals surface area contributed by atoms with Gasteiger partial charge in [-0.25, -0.2) is 28.1 Å². The molecule has 0 spiro atoms. The molecular weight excluding hydrogens is 590 g/mol. The van der Waals surface area contributed by atoms with Crippen molar-refractivity contribution in [1.82, 2.24) is 20.4 Å². The highest BCUT2D eigenvalue weighted by Gasteiger charge is 2.43. The lowest BCUT2D eigenvalue weighted by atomic mass is 9.71. The number of urea groups is 2. The first-order chi connectivity index (χ1) is 21.2. The van der Waals surface area contributed by atoms with Crippen molar-refractivity contribution in [2.24, 2.45) is 0 Å². The van der Waals surface area contributed by atoms with E-state index in [1.165, 1.54) is 17.6 Å². The van der Waals surface area contributed by atoms with Crippen molar-refractivity contribution >= 4 is 29.4 Å². The van der Waals surface area contributed by atoms with E-state index in [1.807, 2.05) is 6.07 Å². The molecule has 232 valence electrons. The molecule has 1 aromatic heterocycles. The van der Waals surface area contributed by atoms with Crippen LogP contribution in [0.15, 0.2) is 77.3 Å². The minimum Gasteiger partial charge on any atom is -0.478 e. The zero-order chi connectivity index (χ0) is 31.3. The van der Waals surface area contributed by atoms with Gasteiger partial charge in [-0.05, 0) is 73.6 Å². The Bertz CT molecular complexity index is 1520. The van der Waals surface area contributed by atoms with Gasteiger partial charge in [-0.1, -0.05) is 42.5 Å². The van der Waals surface area contributed by atoms with Crippen molar-refractivity contribution in [1.29, 1.82) is 0 Å². The number of imide groups is 1. The lowest BCUT2D eigenvalue weighted by molar-refractivity contribution is -0.133. The van der Waals surface area contributed by atoms with Crippen molar-refractivity contribution in [2.75, 3.05) is 39.9 Å². The number of benzene rings is 2. The third-order valence-electron chi connectivity index (χ3n) is 8.29. The number of carbonyl (C=O) groups is 3. The van der Waals surface area contributed by atoms with Gasteiger partial charge in [0, 0.05) is 23.9 Å². The number of carbonyl (C=O) groups excluding carboxylic acids is 2. The van der Waals surface area contributed by atoms with Crippen LogP contribution >= 0.6 is 11.3 Å². The quantitative estimate of drug-likeness (QED) is 0.266. The zero-order valence-corrected chi connectivity index (χ0v) is 25.0. The van der Waals surface area contributed by atoms with E-state index in [0.29, 0.717) is 17.9 Å². The summed E-state index contributed by atoms with van der Waals surface area (Å²) in [4.78, 5) is 43.1. The number of aliphatic carboxylic acids is 1. The predicted molar refractivity (Wildman–Crippen MR) is 161 cm³/mol. The van der Waals surface area contributed by atoms with E-state index < -0.39 is 35.7 Å². The van der Waals surface area contributed by atoms with Crippen LogP contribution in [-0.2, 0) is 14.9 Å². The zero-order valence-electron chi connectivity index (χ0n) is 24.2. The monoisotopic (exact) mass is 624 g/mol. The minimum absolute atomic E-state index is 0.0341. The first-order valence-corrected chi connectivity index (χ1v) is 15.2. The van der Waals surface area contributed by atoms with E-state index in [1.54, 1.807) is 11.3 Å². The molecule has 0 saturated carbocycles. The molecule has 2 aliphatic rings. The molecule has 1 unspecified atom stereocenters. The van der Waals surface area contributed by atoms with Crippen molar-refractivity contribution in [3.05, 3.63) is 105 Å². The molecule has 12 heteroatoms. The molecule has 5 rings (SSSR count). The van der Waals surface area contributed by atoms with Crippen LogP contribution in [0.5, 0.6) is 0 Å². The number of thiophene rings is 1. The van der Waals surface area contributed by atoms with Crippen LogP contribution in [0.2, 0.25) is 0 Å². The smallest absolute Gasteiger partial charge is 0.335 e. The van der Waals surface area contributed by atoms with Crippen molar-refractivity contribution in [2.45, 2.75) is 30.7 Å². The molecular formula is C32H34F2N4O5S. The minimum atomic E-state index is -1.51. The summed E-state index contributed by atoms with van der Waals surface area (Å²) in [5.41, 5.74) is 0.749. The second kappa shape index (κ2) is 13.7. The number of nitrogens with zero attached hydrogens (tertiary/aromatic N) is 2. The molecule has 1 saturated heterocycles. The number of amides is 4. The van der Waals surface area contributed by atoms with Gasteiger partial charge in [-0.15, -0.1) is 11.3 Å². The summed E-state index contributed by atoms with van der Waals surface area (Å²) in [6.45, 7) is 2.42. The van der Waals surface area contributed by atoms with Gasteiger partial charge < -0.3 is 25.4 Å². The molecule has 9 nitrogen and oxygen atoms in total. The number of hydrogen-bond donors (Lipinski definition) is 3. The lowest BCUT2D eigenvalue weighted by Crippen LogP contribution is -2.55. The highest BCUT2D eigenvalue weighted by molar-refractivity contribution is 7.10. The number of rotatable bonds is 10. The van der Waals surface area contributed by atoms with Crippen molar-refractivity contribution in [3.63, 3.8) is 0 Å². The molecule has 1 atom stereocenters. The van der Waals surface area contributed by atoms with Crippen molar-refractivity contribution in [3.8, 4) is 0 Å². The van der Waals surface area contributed by atoms with E-state index in [2.05, 4.69) is 57.3 Å². The van der Waals surface area contributed by atoms with Gasteiger partial charge in [-0.2, -0.15) is 0 Å². The lowest BCUT2D eigenvalue weighted by Gasteiger charge is -2.42. The highest BCUT2D eigenvalue weighted by atomic mass is 32.1. The number of carboxylic acid groups (broad SMARTS) is 1. The highest BCUT2D eigenvalue weighted by Crippen LogP contribution is 2.43. The third kappa shape index (κ3) is 6.37. The van der Waals surface area contributed by atoms with Gasteiger partial charge >= 0.3 is 18.0 Å². The fraction of sp³-hybridized carbons (Fsp3) is 0.344. The molecule has 0 bridgehead atoms. The van der Waals surface area contributed by atoms with E-state index in [0.717, 1.165) is 44.1 Å². The number of ether oxygens (including phenoxy) is 1. The van der Waals surface area contributed by atoms with Crippen LogP contribution in [0.25, 0.3) is 0 Å². The van der Waals surface area contributed by atoms with Crippen LogP contribution in [0.3, 0.4) is 0 Å². The van der Waals surface area contributed by atoms with Gasteiger partial charge in [0.15, 0.2) is 11.6 Å². The maximum Gasteiger partial charge on any atom is 0.335 e. The first-order valence-electron chi connectivity index (χ1n) is 14.4. The topological polar surface area (TPSA) is 111 Å². The number of likely N-dealkylation sites (tertiary alicyclic amines) is 1. The summed E-state index contributed by atoms with van der Waals surface area (Å²) >= 11 is 1.78. The van der Waals surface area contributed by atoms with Crippen LogP contribution in [-0.4, -0.2) is 72.8 Å². The number of piperidine rings is 1. The second-order valence-corrected chi connectivity index (χ2v) is 11.8. The summed E-state index contributed by atoms with van der Waals surface area (Å²) in [6, 6.07) is 14.4. The number of hydrogen-bond acceptors (Lipinski definition) is 6. The van der Waals surface area contributed by atoms with E-state index >= 15 is 0 Å². The predicted octanol–water partition coefficient (Wildman–Crippen LogP) is 5.26. The van der Waals surface area contributed by atoms with E-state index in [4.69, 9.17) is 4.74 Å². The molecule has 0 aliphatic carbocycles. The van der Waals surface area contributed by atoms with Gasteiger partial charge in [0.05, 0.1) is 17.9 Å². The Labute approximate surface area is 258 Å². The normalized spacial score (nSPS) is 18.7. The third-order valence-corrected chi connectivity index (χ3v) is 9.36. The first kappa shape index (κ1) is 31.3. The number of carboxylic acids is 1. The Morgan fingerprint density at radius 2 is 1.84 bits per heavy atom. The Balaban J connectivity index is 1.24. The largest absolute Gasteiger partial charge is 0.478 e. The van der Waals surface area contributed by atoms with Gasteiger partial charge in [0.2, 0.25) is 0 Å². The molecule has 3 heterocycles. The van der Waals surface area contributed by atoms with Gasteiger partial charge in [0.25, 0.3) is 0 Å². The van der Waals surface area contributed by atoms with Gasteiger partial charge in [-0.3, -0.25) is 0 Å². The average Bonchev–Trinajstić information content (AvgIpc) is 3.57. The van der Waals surface area contributed by atoms with Crippen LogP contribution in [0.4, 0.5) is 18.4 Å². The number of methoxy groups -OCH3 is 1. The SMILES string of the molecule is COCC1=C(C(=O)O)C(c2ccc(F)c(F)c2)N(C(=O)NCCCN2CCC(c3ccccc3)(c3cccs3)CC2)C(=O)N1. The molecule has 1 fully saturated rings. The summed E-state index contributed by atoms with van der Waals surface area (Å²) in [5, 5.41) is 17.2. The molecule has 44 heavy (non-hydrogen) atoms. The van der Waals surface area contributed by atoms with E-state index in [-0.39, 0.29) is 35.4 Å². The molecule has 2 aliphatic heterocycles. The number of nitrogens with one attached hydrogen (secondary N) is 2. The molecule has 0 radical (unpaired) electrons. The maximum absolute atomic E-state index is 14.2. The fourth-order valence-corrected chi connectivity index (χ4v) is 7.12. The Kier molecular flexibility index (Phi) is 9.72. The summed E-state index contributed by atoms with van der Waals surface area (Å²) < 4.78 is 32.9. The number of halogens is 2. The second-order valence-electron chi connectivity index (χ2n) is 10.9. The molecule has 2 aromatic carbocycles.